The quantitative estimate of drug-likeness (QED) is 0.403. The summed E-state index contributed by atoms with van der Waals surface area (Å²) in [7, 11) is 0. The van der Waals surface area contributed by atoms with Gasteiger partial charge in [0.2, 0.25) is 0 Å². The van der Waals surface area contributed by atoms with Crippen LogP contribution in [0.3, 0.4) is 0 Å². The Kier molecular flexibility index (Phi) is 7.39. The second-order valence-electron chi connectivity index (χ2n) is 9.93. The van der Waals surface area contributed by atoms with Crippen molar-refractivity contribution in [1.29, 1.82) is 0 Å². The van der Waals surface area contributed by atoms with Gasteiger partial charge < -0.3 is 4.90 Å². The highest BCUT2D eigenvalue weighted by atomic mass is 35.5. The van der Waals surface area contributed by atoms with Gasteiger partial charge in [-0.15, -0.1) is 0 Å². The Labute approximate surface area is 215 Å². The molecule has 1 unspecified atom stereocenters. The van der Waals surface area contributed by atoms with Crippen LogP contribution in [-0.2, 0) is 6.54 Å². The molecule has 1 atom stereocenters. The molecule has 0 N–H and O–H groups in total. The molecule has 2 aromatic carbocycles. The SMILES string of the molecule is CCC1CCN(C(=O)c2cnn(-c3ccc(F)cc3)c2C2CCN(Cc3ccc(F)cc3Cl)CC2)C1. The summed E-state index contributed by atoms with van der Waals surface area (Å²) in [6, 6.07) is 10.8. The molecule has 2 aliphatic heterocycles. The van der Waals surface area contributed by atoms with E-state index in [1.165, 1.54) is 24.3 Å². The lowest BCUT2D eigenvalue weighted by molar-refractivity contribution is 0.0784. The minimum Gasteiger partial charge on any atom is -0.338 e. The van der Waals surface area contributed by atoms with E-state index in [1.807, 2.05) is 9.58 Å². The van der Waals surface area contributed by atoms with Crippen LogP contribution < -0.4 is 0 Å². The summed E-state index contributed by atoms with van der Waals surface area (Å²) in [5, 5.41) is 5.05. The largest absolute Gasteiger partial charge is 0.338 e. The predicted molar refractivity (Wildman–Crippen MR) is 136 cm³/mol. The van der Waals surface area contributed by atoms with Crippen LogP contribution in [0.1, 0.15) is 60.1 Å². The molecule has 5 rings (SSSR count). The van der Waals surface area contributed by atoms with Crippen molar-refractivity contribution in [2.75, 3.05) is 26.2 Å². The molecule has 3 heterocycles. The van der Waals surface area contributed by atoms with Crippen molar-refractivity contribution in [3.05, 3.63) is 82.1 Å². The Bertz CT molecular complexity index is 1220. The molecule has 2 saturated heterocycles. The Hall–Kier alpha value is -2.77. The molecule has 2 aliphatic rings. The first-order valence-corrected chi connectivity index (χ1v) is 13.1. The van der Waals surface area contributed by atoms with Crippen molar-refractivity contribution >= 4 is 17.5 Å². The Morgan fingerprint density at radius 2 is 1.75 bits per heavy atom. The van der Waals surface area contributed by atoms with Gasteiger partial charge in [-0.25, -0.2) is 13.5 Å². The fourth-order valence-electron chi connectivity index (χ4n) is 5.48. The average molecular weight is 513 g/mol. The number of aromatic nitrogens is 2. The van der Waals surface area contributed by atoms with Crippen LogP contribution in [-0.4, -0.2) is 51.7 Å². The van der Waals surface area contributed by atoms with Crippen molar-refractivity contribution in [3.8, 4) is 5.69 Å². The van der Waals surface area contributed by atoms with Crippen LogP contribution >= 0.6 is 11.6 Å². The highest BCUT2D eigenvalue weighted by Gasteiger charge is 2.33. The lowest BCUT2D eigenvalue weighted by Crippen LogP contribution is -2.34. The van der Waals surface area contributed by atoms with Gasteiger partial charge in [0.15, 0.2) is 0 Å². The number of benzene rings is 2. The van der Waals surface area contributed by atoms with Gasteiger partial charge >= 0.3 is 0 Å². The zero-order valence-electron chi connectivity index (χ0n) is 20.5. The van der Waals surface area contributed by atoms with Gasteiger partial charge in [0.25, 0.3) is 5.91 Å². The normalized spacial score (nSPS) is 19.2. The number of hydrogen-bond acceptors (Lipinski definition) is 3. The van der Waals surface area contributed by atoms with E-state index in [0.717, 1.165) is 68.8 Å². The standard InChI is InChI=1S/C28H31ClF2N4O/c1-2-19-9-14-34(17-19)28(36)25-16-32-35(24-7-5-22(30)6-8-24)27(25)20-10-12-33(13-11-20)18-21-3-4-23(31)15-26(21)29/h3-8,15-16,19-20H,2,9-14,17-18H2,1H3. The molecule has 5 nitrogen and oxygen atoms in total. The Balaban J connectivity index is 1.38. The second-order valence-corrected chi connectivity index (χ2v) is 10.3. The van der Waals surface area contributed by atoms with Crippen LogP contribution in [0.2, 0.25) is 5.02 Å². The van der Waals surface area contributed by atoms with Crippen LogP contribution in [0.25, 0.3) is 5.69 Å². The van der Waals surface area contributed by atoms with Crippen molar-refractivity contribution in [1.82, 2.24) is 19.6 Å². The molecular weight excluding hydrogens is 482 g/mol. The van der Waals surface area contributed by atoms with E-state index < -0.39 is 0 Å². The third kappa shape index (κ3) is 5.18. The van der Waals surface area contributed by atoms with E-state index in [9.17, 15) is 13.6 Å². The summed E-state index contributed by atoms with van der Waals surface area (Å²) in [4.78, 5) is 17.9. The van der Waals surface area contributed by atoms with Crippen molar-refractivity contribution < 1.29 is 13.6 Å². The van der Waals surface area contributed by atoms with Crippen LogP contribution in [0, 0.1) is 17.6 Å². The first kappa shape index (κ1) is 24.9. The molecule has 0 aliphatic carbocycles. The third-order valence-corrected chi connectivity index (χ3v) is 7.99. The third-order valence-electron chi connectivity index (χ3n) is 7.64. The second kappa shape index (κ2) is 10.7. The van der Waals surface area contributed by atoms with Gasteiger partial charge in [-0.05, 0) is 80.2 Å². The fourth-order valence-corrected chi connectivity index (χ4v) is 5.71. The van der Waals surface area contributed by atoms with Crippen LogP contribution in [0.15, 0.2) is 48.7 Å². The zero-order valence-corrected chi connectivity index (χ0v) is 21.2. The number of halogens is 3. The van der Waals surface area contributed by atoms with Crippen molar-refractivity contribution in [2.45, 2.75) is 45.1 Å². The monoisotopic (exact) mass is 512 g/mol. The van der Waals surface area contributed by atoms with E-state index in [1.54, 1.807) is 24.4 Å². The summed E-state index contributed by atoms with van der Waals surface area (Å²) in [6.07, 6.45) is 5.49. The predicted octanol–water partition coefficient (Wildman–Crippen LogP) is 6.06. The van der Waals surface area contributed by atoms with Gasteiger partial charge in [-0.1, -0.05) is 31.0 Å². The van der Waals surface area contributed by atoms with E-state index in [4.69, 9.17) is 11.6 Å². The van der Waals surface area contributed by atoms with Gasteiger partial charge in [0, 0.05) is 30.6 Å². The maximum atomic E-state index is 13.6. The highest BCUT2D eigenvalue weighted by Crippen LogP contribution is 2.34. The molecule has 2 fully saturated rings. The van der Waals surface area contributed by atoms with Crippen molar-refractivity contribution in [2.24, 2.45) is 5.92 Å². The van der Waals surface area contributed by atoms with E-state index in [0.29, 0.717) is 23.0 Å². The molecule has 0 saturated carbocycles. The molecular formula is C28H31ClF2N4O. The number of likely N-dealkylation sites (tertiary alicyclic amines) is 2. The van der Waals surface area contributed by atoms with E-state index >= 15 is 0 Å². The molecule has 0 radical (unpaired) electrons. The molecule has 0 bridgehead atoms. The van der Waals surface area contributed by atoms with Gasteiger partial charge in [-0.3, -0.25) is 9.69 Å². The maximum absolute atomic E-state index is 13.6. The number of rotatable bonds is 6. The summed E-state index contributed by atoms with van der Waals surface area (Å²) < 4.78 is 28.9. The number of hydrogen-bond donors (Lipinski definition) is 0. The van der Waals surface area contributed by atoms with Crippen LogP contribution in [0.5, 0.6) is 0 Å². The fraction of sp³-hybridized carbons (Fsp3) is 0.429. The summed E-state index contributed by atoms with van der Waals surface area (Å²) >= 11 is 6.25. The lowest BCUT2D eigenvalue weighted by Gasteiger charge is -2.33. The molecule has 0 spiro atoms. The summed E-state index contributed by atoms with van der Waals surface area (Å²) in [5.74, 6) is 0.0816. The molecule has 1 amide bonds. The smallest absolute Gasteiger partial charge is 0.257 e. The number of amides is 1. The lowest BCUT2D eigenvalue weighted by atomic mass is 9.90. The van der Waals surface area contributed by atoms with E-state index in [-0.39, 0.29) is 23.5 Å². The number of piperidine rings is 1. The van der Waals surface area contributed by atoms with Gasteiger partial charge in [-0.2, -0.15) is 5.10 Å². The minimum absolute atomic E-state index is 0.0369. The van der Waals surface area contributed by atoms with Crippen molar-refractivity contribution in [3.63, 3.8) is 0 Å². The first-order valence-electron chi connectivity index (χ1n) is 12.7. The average Bonchev–Trinajstić information content (AvgIpc) is 3.54. The first-order chi connectivity index (χ1) is 17.4. The number of carbonyl (C=O) groups is 1. The number of nitrogens with zero attached hydrogens (tertiary/aromatic N) is 4. The molecule has 3 aromatic rings. The topological polar surface area (TPSA) is 41.4 Å². The highest BCUT2D eigenvalue weighted by molar-refractivity contribution is 6.31. The Morgan fingerprint density at radius 1 is 1.03 bits per heavy atom. The number of carbonyl (C=O) groups excluding carboxylic acids is 1. The van der Waals surface area contributed by atoms with Gasteiger partial charge in [0.1, 0.15) is 11.6 Å². The minimum atomic E-state index is -0.336. The summed E-state index contributed by atoms with van der Waals surface area (Å²) in [6.45, 7) is 6.03. The Morgan fingerprint density at radius 3 is 2.42 bits per heavy atom. The summed E-state index contributed by atoms with van der Waals surface area (Å²) in [5.41, 5.74) is 3.21. The van der Waals surface area contributed by atoms with Gasteiger partial charge in [0.05, 0.1) is 23.1 Å². The maximum Gasteiger partial charge on any atom is 0.257 e. The zero-order chi connectivity index (χ0) is 25.2. The molecule has 36 heavy (non-hydrogen) atoms. The molecule has 190 valence electrons. The van der Waals surface area contributed by atoms with Crippen LogP contribution in [0.4, 0.5) is 8.78 Å². The molecule has 8 heteroatoms. The van der Waals surface area contributed by atoms with E-state index in [2.05, 4.69) is 16.9 Å². The molecule has 1 aromatic heterocycles.